The van der Waals surface area contributed by atoms with Gasteiger partial charge in [-0.25, -0.2) is 4.79 Å². The minimum absolute atomic E-state index is 0.0344. The quantitative estimate of drug-likeness (QED) is 0.556. The fraction of sp³-hybridized carbons (Fsp3) is 0.600. The Bertz CT molecular complexity index is 683. The highest BCUT2D eigenvalue weighted by molar-refractivity contribution is 6.30. The molecule has 4 N–H and O–H groups in total. The number of aliphatic hydroxyl groups is 1. The molecule has 1 aromatic rings. The van der Waals surface area contributed by atoms with Crippen molar-refractivity contribution in [1.82, 2.24) is 10.6 Å². The van der Waals surface area contributed by atoms with Crippen molar-refractivity contribution in [2.24, 2.45) is 5.92 Å². The van der Waals surface area contributed by atoms with Crippen LogP contribution in [0.2, 0.25) is 5.02 Å². The van der Waals surface area contributed by atoms with Crippen molar-refractivity contribution in [2.45, 2.75) is 56.8 Å². The van der Waals surface area contributed by atoms with Crippen LogP contribution in [0, 0.1) is 5.92 Å². The van der Waals surface area contributed by atoms with E-state index in [1.54, 1.807) is 24.3 Å². The molecule has 0 bridgehead atoms. The molecule has 2 fully saturated rings. The van der Waals surface area contributed by atoms with Gasteiger partial charge in [0.2, 0.25) is 5.91 Å². The molecule has 3 atom stereocenters. The lowest BCUT2D eigenvalue weighted by Crippen LogP contribution is -2.52. The van der Waals surface area contributed by atoms with Gasteiger partial charge in [0.05, 0.1) is 18.8 Å². The average Bonchev–Trinajstić information content (AvgIpc) is 2.61. The third-order valence-corrected chi connectivity index (χ3v) is 5.67. The third kappa shape index (κ3) is 5.83. The van der Waals surface area contributed by atoms with E-state index in [4.69, 9.17) is 16.3 Å². The van der Waals surface area contributed by atoms with Crippen LogP contribution in [0.5, 0.6) is 0 Å². The standard InChI is InChI=1S/C20H28ClN3O4/c21-14-5-2-6-15(11-14)23-20(27)24-17-8-7-16(28-18(17)12-25)9-10-22-19(26)13-3-1-4-13/h2,5-6,11,13,16-18,25H,1,3-4,7-10,12H2,(H,22,26)(H2,23,24,27)/t16-,17+,18+/m1/s1. The van der Waals surface area contributed by atoms with E-state index in [0.29, 0.717) is 30.1 Å². The first-order chi connectivity index (χ1) is 13.5. The fourth-order valence-electron chi connectivity index (χ4n) is 3.58. The van der Waals surface area contributed by atoms with Crippen molar-refractivity contribution < 1.29 is 19.4 Å². The molecule has 3 amide bonds. The molecule has 0 unspecified atom stereocenters. The summed E-state index contributed by atoms with van der Waals surface area (Å²) in [6, 6.07) is 6.27. The molecule has 2 aliphatic rings. The Morgan fingerprint density at radius 2 is 2.04 bits per heavy atom. The van der Waals surface area contributed by atoms with Gasteiger partial charge in [0, 0.05) is 23.2 Å². The Kier molecular flexibility index (Phi) is 7.53. The van der Waals surface area contributed by atoms with E-state index in [9.17, 15) is 14.7 Å². The van der Waals surface area contributed by atoms with E-state index in [-0.39, 0.29) is 36.6 Å². The number of nitrogens with one attached hydrogen (secondary N) is 3. The van der Waals surface area contributed by atoms with Crippen molar-refractivity contribution in [3.63, 3.8) is 0 Å². The number of benzene rings is 1. The molecular formula is C20H28ClN3O4. The number of aliphatic hydroxyl groups excluding tert-OH is 1. The minimum Gasteiger partial charge on any atom is -0.394 e. The maximum atomic E-state index is 12.2. The molecule has 0 spiro atoms. The number of ether oxygens (including phenoxy) is 1. The zero-order valence-electron chi connectivity index (χ0n) is 15.8. The molecule has 1 aromatic carbocycles. The molecule has 3 rings (SSSR count). The van der Waals surface area contributed by atoms with Gasteiger partial charge in [-0.05, 0) is 50.3 Å². The average molecular weight is 410 g/mol. The second kappa shape index (κ2) is 10.1. The van der Waals surface area contributed by atoms with Gasteiger partial charge >= 0.3 is 6.03 Å². The topological polar surface area (TPSA) is 99.7 Å². The Hall–Kier alpha value is -1.83. The van der Waals surface area contributed by atoms with E-state index in [2.05, 4.69) is 16.0 Å². The second-order valence-electron chi connectivity index (χ2n) is 7.48. The summed E-state index contributed by atoms with van der Waals surface area (Å²) in [5.41, 5.74) is 0.599. The van der Waals surface area contributed by atoms with Crippen molar-refractivity contribution in [3.05, 3.63) is 29.3 Å². The molecule has 1 aliphatic carbocycles. The summed E-state index contributed by atoms with van der Waals surface area (Å²) in [6.07, 6.45) is 4.79. The summed E-state index contributed by atoms with van der Waals surface area (Å²) in [7, 11) is 0. The molecule has 154 valence electrons. The van der Waals surface area contributed by atoms with Crippen LogP contribution >= 0.6 is 11.6 Å². The smallest absolute Gasteiger partial charge is 0.319 e. The number of urea groups is 1. The number of carbonyl (C=O) groups excluding carboxylic acids is 2. The van der Waals surface area contributed by atoms with Gasteiger partial charge in [0.1, 0.15) is 6.10 Å². The van der Waals surface area contributed by atoms with E-state index >= 15 is 0 Å². The number of hydrogen-bond acceptors (Lipinski definition) is 4. The monoisotopic (exact) mass is 409 g/mol. The maximum absolute atomic E-state index is 12.2. The summed E-state index contributed by atoms with van der Waals surface area (Å²) < 4.78 is 5.94. The largest absolute Gasteiger partial charge is 0.394 e. The van der Waals surface area contributed by atoms with Gasteiger partial charge in [0.15, 0.2) is 0 Å². The van der Waals surface area contributed by atoms with Crippen LogP contribution in [0.1, 0.15) is 38.5 Å². The zero-order valence-corrected chi connectivity index (χ0v) is 16.6. The van der Waals surface area contributed by atoms with Crippen LogP contribution in [-0.4, -0.2) is 48.4 Å². The van der Waals surface area contributed by atoms with E-state index in [0.717, 1.165) is 25.7 Å². The number of hydrogen-bond donors (Lipinski definition) is 4. The van der Waals surface area contributed by atoms with E-state index < -0.39 is 6.10 Å². The lowest BCUT2D eigenvalue weighted by Gasteiger charge is -2.36. The minimum atomic E-state index is -0.466. The van der Waals surface area contributed by atoms with Crippen molar-refractivity contribution in [3.8, 4) is 0 Å². The Morgan fingerprint density at radius 3 is 2.71 bits per heavy atom. The van der Waals surface area contributed by atoms with Crippen LogP contribution in [0.3, 0.4) is 0 Å². The number of rotatable bonds is 7. The number of anilines is 1. The lowest BCUT2D eigenvalue weighted by atomic mass is 9.85. The highest BCUT2D eigenvalue weighted by Gasteiger charge is 2.32. The second-order valence-corrected chi connectivity index (χ2v) is 7.92. The Labute approximate surface area is 170 Å². The van der Waals surface area contributed by atoms with Crippen LogP contribution in [0.4, 0.5) is 10.5 Å². The molecule has 7 nitrogen and oxygen atoms in total. The van der Waals surface area contributed by atoms with E-state index in [1.807, 2.05) is 0 Å². The fourth-order valence-corrected chi connectivity index (χ4v) is 3.77. The maximum Gasteiger partial charge on any atom is 0.319 e. The molecule has 0 aromatic heterocycles. The van der Waals surface area contributed by atoms with E-state index in [1.165, 1.54) is 0 Å². The van der Waals surface area contributed by atoms with Gasteiger partial charge in [-0.2, -0.15) is 0 Å². The van der Waals surface area contributed by atoms with Gasteiger partial charge in [0.25, 0.3) is 0 Å². The molecular weight excluding hydrogens is 382 g/mol. The number of amides is 3. The molecule has 1 heterocycles. The Morgan fingerprint density at radius 1 is 1.21 bits per heavy atom. The van der Waals surface area contributed by atoms with Crippen LogP contribution in [-0.2, 0) is 9.53 Å². The zero-order chi connectivity index (χ0) is 19.9. The summed E-state index contributed by atoms with van der Waals surface area (Å²) in [6.45, 7) is 0.401. The van der Waals surface area contributed by atoms with Crippen LogP contribution in [0.15, 0.2) is 24.3 Å². The number of carbonyl (C=O) groups is 2. The van der Waals surface area contributed by atoms with Gasteiger partial charge in [-0.1, -0.05) is 24.1 Å². The summed E-state index contributed by atoms with van der Waals surface area (Å²) in [5.74, 6) is 0.321. The first-order valence-electron chi connectivity index (χ1n) is 9.92. The predicted octanol–water partition coefficient (Wildman–Crippen LogP) is 2.68. The van der Waals surface area contributed by atoms with Crippen molar-refractivity contribution in [2.75, 3.05) is 18.5 Å². The predicted molar refractivity (Wildman–Crippen MR) is 107 cm³/mol. The summed E-state index contributed by atoms with van der Waals surface area (Å²) >= 11 is 5.92. The van der Waals surface area contributed by atoms with Gasteiger partial charge in [-0.15, -0.1) is 0 Å². The van der Waals surface area contributed by atoms with Crippen molar-refractivity contribution >= 4 is 29.2 Å². The van der Waals surface area contributed by atoms with Gasteiger partial charge < -0.3 is 25.8 Å². The molecule has 28 heavy (non-hydrogen) atoms. The van der Waals surface area contributed by atoms with Gasteiger partial charge in [-0.3, -0.25) is 4.79 Å². The first-order valence-corrected chi connectivity index (χ1v) is 10.3. The van der Waals surface area contributed by atoms with Crippen LogP contribution < -0.4 is 16.0 Å². The molecule has 1 saturated heterocycles. The normalized spacial score (nSPS) is 24.9. The van der Waals surface area contributed by atoms with Crippen LogP contribution in [0.25, 0.3) is 0 Å². The Balaban J connectivity index is 1.40. The highest BCUT2D eigenvalue weighted by Crippen LogP contribution is 2.26. The molecule has 0 radical (unpaired) electrons. The molecule has 1 aliphatic heterocycles. The number of halogens is 1. The molecule has 1 saturated carbocycles. The third-order valence-electron chi connectivity index (χ3n) is 5.44. The SMILES string of the molecule is O=C(Nc1cccc(Cl)c1)N[C@H]1CC[C@H](CCNC(=O)C2CCC2)O[C@H]1CO. The first kappa shape index (κ1) is 20.9. The molecule has 8 heteroatoms. The summed E-state index contributed by atoms with van der Waals surface area (Å²) in [4.78, 5) is 24.1. The highest BCUT2D eigenvalue weighted by atomic mass is 35.5. The summed E-state index contributed by atoms with van der Waals surface area (Å²) in [5, 5.41) is 18.8. The van der Waals surface area contributed by atoms with Crippen molar-refractivity contribution in [1.29, 1.82) is 0 Å². The lowest BCUT2D eigenvalue weighted by molar-refractivity contribution is -0.127.